The molecular formula is C10H22F3N3O2S. The van der Waals surface area contributed by atoms with E-state index < -0.39 is 28.5 Å². The van der Waals surface area contributed by atoms with E-state index in [1.165, 1.54) is 0 Å². The summed E-state index contributed by atoms with van der Waals surface area (Å²) in [6.45, 7) is 3.69. The third kappa shape index (κ3) is 5.64. The third-order valence-corrected chi connectivity index (χ3v) is 4.69. The molecule has 0 bridgehead atoms. The Morgan fingerprint density at radius 3 is 2.11 bits per heavy atom. The van der Waals surface area contributed by atoms with E-state index in [0.717, 1.165) is 4.31 Å². The smallest absolute Gasteiger partial charge is 0.329 e. The van der Waals surface area contributed by atoms with Gasteiger partial charge in [0.05, 0.1) is 0 Å². The molecule has 0 heterocycles. The Morgan fingerprint density at radius 2 is 1.79 bits per heavy atom. The second kappa shape index (κ2) is 6.87. The number of hydrogen-bond donors (Lipinski definition) is 2. The zero-order valence-electron chi connectivity index (χ0n) is 11.4. The molecule has 0 aliphatic rings. The molecule has 9 heteroatoms. The Kier molecular flexibility index (Phi) is 6.73. The molecule has 0 aromatic carbocycles. The van der Waals surface area contributed by atoms with Crippen molar-refractivity contribution < 1.29 is 21.6 Å². The van der Waals surface area contributed by atoms with Crippen LogP contribution in [0.25, 0.3) is 0 Å². The third-order valence-electron chi connectivity index (χ3n) is 2.98. The van der Waals surface area contributed by atoms with E-state index in [1.807, 2.05) is 0 Å². The van der Waals surface area contributed by atoms with Gasteiger partial charge in [0, 0.05) is 18.6 Å². The van der Waals surface area contributed by atoms with Crippen LogP contribution >= 0.6 is 0 Å². The van der Waals surface area contributed by atoms with Gasteiger partial charge in [-0.05, 0) is 19.8 Å². The highest BCUT2D eigenvalue weighted by molar-refractivity contribution is 7.87. The molecule has 3 N–H and O–H groups in total. The minimum absolute atomic E-state index is 0.0381. The largest absolute Gasteiger partial charge is 0.402 e. The van der Waals surface area contributed by atoms with Gasteiger partial charge < -0.3 is 5.73 Å². The maximum Gasteiger partial charge on any atom is 0.402 e. The number of nitrogens with two attached hydrogens (primary N) is 1. The monoisotopic (exact) mass is 305 g/mol. The lowest BCUT2D eigenvalue weighted by atomic mass is 9.99. The molecule has 0 aliphatic heterocycles. The Morgan fingerprint density at radius 1 is 1.26 bits per heavy atom. The zero-order valence-corrected chi connectivity index (χ0v) is 12.2. The molecule has 1 unspecified atom stereocenters. The summed E-state index contributed by atoms with van der Waals surface area (Å²) < 4.78 is 63.0. The maximum absolute atomic E-state index is 12.1. The van der Waals surface area contributed by atoms with Crippen molar-refractivity contribution in [1.29, 1.82) is 0 Å². The zero-order chi connectivity index (χ0) is 15.3. The molecule has 0 saturated carbocycles. The van der Waals surface area contributed by atoms with Crippen LogP contribution < -0.4 is 10.5 Å². The van der Waals surface area contributed by atoms with E-state index in [0.29, 0.717) is 12.8 Å². The second-order valence-electron chi connectivity index (χ2n) is 4.57. The van der Waals surface area contributed by atoms with Crippen LogP contribution in [0.5, 0.6) is 0 Å². The number of alkyl halides is 3. The minimum Gasteiger partial charge on any atom is -0.329 e. The van der Waals surface area contributed by atoms with E-state index >= 15 is 0 Å². The standard InChI is InChI=1S/C10H22F3N3O2S/c1-4-6-16(9(3,5-2)7-14)19(17,18)15-8-10(11,12)13/h15H,4-8,14H2,1-3H3. The van der Waals surface area contributed by atoms with Crippen molar-refractivity contribution in [2.75, 3.05) is 19.6 Å². The van der Waals surface area contributed by atoms with Gasteiger partial charge in [0.15, 0.2) is 0 Å². The highest BCUT2D eigenvalue weighted by Crippen LogP contribution is 2.22. The van der Waals surface area contributed by atoms with E-state index in [4.69, 9.17) is 5.73 Å². The second-order valence-corrected chi connectivity index (χ2v) is 6.25. The van der Waals surface area contributed by atoms with Crippen molar-refractivity contribution in [2.45, 2.75) is 45.3 Å². The predicted molar refractivity (Wildman–Crippen MR) is 67.7 cm³/mol. The lowest BCUT2D eigenvalue weighted by Gasteiger charge is -2.38. The first-order chi connectivity index (χ1) is 8.52. The van der Waals surface area contributed by atoms with Gasteiger partial charge in [-0.25, -0.2) is 0 Å². The fourth-order valence-electron chi connectivity index (χ4n) is 1.56. The van der Waals surface area contributed by atoms with Crippen molar-refractivity contribution in [3.8, 4) is 0 Å². The van der Waals surface area contributed by atoms with Crippen LogP contribution in [0.1, 0.15) is 33.6 Å². The molecule has 0 amide bonds. The van der Waals surface area contributed by atoms with Gasteiger partial charge in [0.25, 0.3) is 10.2 Å². The maximum atomic E-state index is 12.1. The van der Waals surface area contributed by atoms with Crippen molar-refractivity contribution in [2.24, 2.45) is 5.73 Å². The molecular weight excluding hydrogens is 283 g/mol. The van der Waals surface area contributed by atoms with Crippen LogP contribution in [-0.4, -0.2) is 44.1 Å². The highest BCUT2D eigenvalue weighted by Gasteiger charge is 2.39. The van der Waals surface area contributed by atoms with E-state index in [2.05, 4.69) is 0 Å². The average molecular weight is 305 g/mol. The summed E-state index contributed by atoms with van der Waals surface area (Å²) in [7, 11) is -4.22. The molecule has 0 aliphatic carbocycles. The summed E-state index contributed by atoms with van der Waals surface area (Å²) in [6, 6.07) is 0. The molecule has 0 rings (SSSR count). The first-order valence-corrected chi connectivity index (χ1v) is 7.50. The molecule has 116 valence electrons. The Labute approximate surface area is 112 Å². The highest BCUT2D eigenvalue weighted by atomic mass is 32.2. The van der Waals surface area contributed by atoms with Gasteiger partial charge in [-0.1, -0.05) is 13.8 Å². The van der Waals surface area contributed by atoms with E-state index in [1.54, 1.807) is 25.5 Å². The fourth-order valence-corrected chi connectivity index (χ4v) is 3.27. The number of halogens is 3. The molecule has 0 aromatic rings. The molecule has 0 fully saturated rings. The van der Waals surface area contributed by atoms with Crippen molar-refractivity contribution in [3.05, 3.63) is 0 Å². The minimum atomic E-state index is -4.59. The van der Waals surface area contributed by atoms with Crippen molar-refractivity contribution in [1.82, 2.24) is 9.03 Å². The van der Waals surface area contributed by atoms with Gasteiger partial charge in [-0.2, -0.15) is 30.6 Å². The SMILES string of the molecule is CCCN(C(C)(CC)CN)S(=O)(=O)NCC(F)(F)F. The molecule has 0 saturated heterocycles. The van der Waals surface area contributed by atoms with E-state index in [9.17, 15) is 21.6 Å². The molecule has 19 heavy (non-hydrogen) atoms. The summed E-state index contributed by atoms with van der Waals surface area (Å²) >= 11 is 0. The Bertz CT molecular complexity index is 367. The molecule has 0 spiro atoms. The Balaban J connectivity index is 5.16. The summed E-state index contributed by atoms with van der Waals surface area (Å²) in [5, 5.41) is 0. The van der Waals surface area contributed by atoms with Gasteiger partial charge in [0.2, 0.25) is 0 Å². The number of rotatable bonds is 8. The number of nitrogens with one attached hydrogen (secondary N) is 1. The van der Waals surface area contributed by atoms with Crippen LogP contribution in [0.3, 0.4) is 0 Å². The lowest BCUT2D eigenvalue weighted by molar-refractivity contribution is -0.121. The van der Waals surface area contributed by atoms with Gasteiger partial charge in [-0.15, -0.1) is 0 Å². The van der Waals surface area contributed by atoms with Crippen molar-refractivity contribution >= 4 is 10.2 Å². The van der Waals surface area contributed by atoms with Crippen LogP contribution in [0, 0.1) is 0 Å². The summed E-state index contributed by atoms with van der Waals surface area (Å²) in [6.07, 6.45) is -3.69. The first-order valence-electron chi connectivity index (χ1n) is 6.06. The molecule has 1 atom stereocenters. The predicted octanol–water partition coefficient (Wildman–Crippen LogP) is 1.22. The summed E-state index contributed by atoms with van der Waals surface area (Å²) in [4.78, 5) is 0. The first kappa shape index (κ1) is 18.6. The summed E-state index contributed by atoms with van der Waals surface area (Å²) in [5.41, 5.74) is 4.68. The average Bonchev–Trinajstić information content (AvgIpc) is 2.32. The van der Waals surface area contributed by atoms with Gasteiger partial charge in [-0.3, -0.25) is 0 Å². The van der Waals surface area contributed by atoms with Crippen LogP contribution in [0.4, 0.5) is 13.2 Å². The van der Waals surface area contributed by atoms with Crippen LogP contribution in [0.2, 0.25) is 0 Å². The number of nitrogens with zero attached hydrogens (tertiary/aromatic N) is 1. The fraction of sp³-hybridized carbons (Fsp3) is 1.00. The van der Waals surface area contributed by atoms with Gasteiger partial charge >= 0.3 is 6.18 Å². The van der Waals surface area contributed by atoms with Gasteiger partial charge in [0.1, 0.15) is 6.54 Å². The normalized spacial score (nSPS) is 16.6. The van der Waals surface area contributed by atoms with Crippen LogP contribution in [0.15, 0.2) is 0 Å². The lowest BCUT2D eigenvalue weighted by Crippen LogP contribution is -2.58. The topological polar surface area (TPSA) is 75.4 Å². The van der Waals surface area contributed by atoms with Crippen LogP contribution in [-0.2, 0) is 10.2 Å². The van der Waals surface area contributed by atoms with Crippen molar-refractivity contribution in [3.63, 3.8) is 0 Å². The summed E-state index contributed by atoms with van der Waals surface area (Å²) in [5.74, 6) is 0. The molecule has 5 nitrogen and oxygen atoms in total. The molecule has 0 radical (unpaired) electrons. The molecule has 0 aromatic heterocycles. The Hall–Kier alpha value is -0.380. The van der Waals surface area contributed by atoms with E-state index in [-0.39, 0.29) is 13.1 Å². The quantitative estimate of drug-likeness (QED) is 0.708. The number of hydrogen-bond acceptors (Lipinski definition) is 3.